The summed E-state index contributed by atoms with van der Waals surface area (Å²) >= 11 is 0. The standard InChI is InChI=1S/C13H16N2O3/c1-10(17-2)6-8-18-13(16)11-9-15-7-4-3-5-12(15)14-11/h3-5,7,9-10H,6,8H2,1-2H3/t10-/m1/s1. The van der Waals surface area contributed by atoms with Crippen molar-refractivity contribution < 1.29 is 14.3 Å². The van der Waals surface area contributed by atoms with Gasteiger partial charge in [0, 0.05) is 25.9 Å². The lowest BCUT2D eigenvalue weighted by atomic mass is 10.3. The van der Waals surface area contributed by atoms with Gasteiger partial charge >= 0.3 is 5.97 Å². The molecule has 0 N–H and O–H groups in total. The molecule has 0 radical (unpaired) electrons. The third-order valence-electron chi connectivity index (χ3n) is 2.73. The van der Waals surface area contributed by atoms with Crippen molar-refractivity contribution in [2.24, 2.45) is 0 Å². The van der Waals surface area contributed by atoms with Crippen molar-refractivity contribution in [2.75, 3.05) is 13.7 Å². The van der Waals surface area contributed by atoms with Gasteiger partial charge in [-0.2, -0.15) is 0 Å². The number of hydrogen-bond acceptors (Lipinski definition) is 4. The van der Waals surface area contributed by atoms with E-state index in [0.29, 0.717) is 18.7 Å². The molecule has 0 aliphatic heterocycles. The molecule has 0 aliphatic carbocycles. The van der Waals surface area contributed by atoms with Gasteiger partial charge in [-0.05, 0) is 19.1 Å². The van der Waals surface area contributed by atoms with Crippen LogP contribution in [-0.2, 0) is 9.47 Å². The molecule has 5 nitrogen and oxygen atoms in total. The number of nitrogens with zero attached hydrogens (tertiary/aromatic N) is 2. The summed E-state index contributed by atoms with van der Waals surface area (Å²) < 4.78 is 12.0. The van der Waals surface area contributed by atoms with Crippen LogP contribution in [0.1, 0.15) is 23.8 Å². The normalized spacial score (nSPS) is 12.6. The van der Waals surface area contributed by atoms with E-state index >= 15 is 0 Å². The quantitative estimate of drug-likeness (QED) is 0.758. The zero-order valence-electron chi connectivity index (χ0n) is 10.5. The van der Waals surface area contributed by atoms with Crippen molar-refractivity contribution in [2.45, 2.75) is 19.4 Å². The van der Waals surface area contributed by atoms with Gasteiger partial charge in [-0.25, -0.2) is 9.78 Å². The van der Waals surface area contributed by atoms with Crippen LogP contribution in [0.3, 0.4) is 0 Å². The highest BCUT2D eigenvalue weighted by atomic mass is 16.5. The maximum Gasteiger partial charge on any atom is 0.358 e. The Bertz CT molecular complexity index is 503. The van der Waals surface area contributed by atoms with Crippen LogP contribution in [0.2, 0.25) is 0 Å². The molecule has 2 heterocycles. The minimum Gasteiger partial charge on any atom is -0.461 e. The number of ether oxygens (including phenoxy) is 2. The molecular formula is C13H16N2O3. The average molecular weight is 248 g/mol. The summed E-state index contributed by atoms with van der Waals surface area (Å²) in [6.45, 7) is 2.26. The van der Waals surface area contributed by atoms with E-state index in [1.165, 1.54) is 0 Å². The highest BCUT2D eigenvalue weighted by Gasteiger charge is 2.12. The molecule has 0 unspecified atom stereocenters. The molecule has 1 atom stereocenters. The first kappa shape index (κ1) is 12.6. The van der Waals surface area contributed by atoms with Crippen molar-refractivity contribution >= 4 is 11.6 Å². The summed E-state index contributed by atoms with van der Waals surface area (Å²) in [4.78, 5) is 15.9. The molecule has 0 aromatic carbocycles. The lowest BCUT2D eigenvalue weighted by Gasteiger charge is -2.08. The molecule has 2 rings (SSSR count). The number of carbonyl (C=O) groups is 1. The molecule has 0 bridgehead atoms. The fourth-order valence-electron chi connectivity index (χ4n) is 1.54. The number of aromatic nitrogens is 2. The summed E-state index contributed by atoms with van der Waals surface area (Å²) in [6, 6.07) is 5.59. The number of pyridine rings is 1. The first-order valence-electron chi connectivity index (χ1n) is 5.84. The Morgan fingerprint density at radius 3 is 3.06 bits per heavy atom. The van der Waals surface area contributed by atoms with Gasteiger partial charge < -0.3 is 13.9 Å². The van der Waals surface area contributed by atoms with Crippen molar-refractivity contribution in [1.82, 2.24) is 9.38 Å². The van der Waals surface area contributed by atoms with E-state index in [0.717, 1.165) is 5.65 Å². The zero-order chi connectivity index (χ0) is 13.0. The number of methoxy groups -OCH3 is 1. The highest BCUT2D eigenvalue weighted by Crippen LogP contribution is 2.06. The van der Waals surface area contributed by atoms with Gasteiger partial charge in [-0.1, -0.05) is 6.07 Å². The molecular weight excluding hydrogens is 232 g/mol. The number of imidazole rings is 1. The van der Waals surface area contributed by atoms with Gasteiger partial charge in [0.2, 0.25) is 0 Å². The fraction of sp³-hybridized carbons (Fsp3) is 0.385. The molecule has 2 aromatic heterocycles. The SMILES string of the molecule is CO[C@H](C)CCOC(=O)c1cn2ccccc2n1. The van der Waals surface area contributed by atoms with Crippen molar-refractivity contribution in [3.05, 3.63) is 36.3 Å². The predicted octanol–water partition coefficient (Wildman–Crippen LogP) is 1.92. The first-order chi connectivity index (χ1) is 8.70. The number of esters is 1. The van der Waals surface area contributed by atoms with Gasteiger partial charge in [0.25, 0.3) is 0 Å². The Kier molecular flexibility index (Phi) is 3.94. The number of hydrogen-bond donors (Lipinski definition) is 0. The van der Waals surface area contributed by atoms with Gasteiger partial charge in [0.15, 0.2) is 5.69 Å². The van der Waals surface area contributed by atoms with Crippen LogP contribution in [0, 0.1) is 0 Å². The van der Waals surface area contributed by atoms with Gasteiger partial charge in [-0.15, -0.1) is 0 Å². The molecule has 0 spiro atoms. The predicted molar refractivity (Wildman–Crippen MR) is 66.6 cm³/mol. The Morgan fingerprint density at radius 2 is 2.33 bits per heavy atom. The van der Waals surface area contributed by atoms with Crippen LogP contribution in [0.15, 0.2) is 30.6 Å². The maximum atomic E-state index is 11.7. The van der Waals surface area contributed by atoms with Gasteiger partial charge in [0.05, 0.1) is 12.7 Å². The van der Waals surface area contributed by atoms with E-state index in [-0.39, 0.29) is 6.10 Å². The van der Waals surface area contributed by atoms with Crippen molar-refractivity contribution in [3.63, 3.8) is 0 Å². The molecule has 96 valence electrons. The van der Waals surface area contributed by atoms with Crippen LogP contribution >= 0.6 is 0 Å². The lowest BCUT2D eigenvalue weighted by Crippen LogP contribution is -2.13. The molecule has 0 saturated carbocycles. The molecule has 0 fully saturated rings. The fourth-order valence-corrected chi connectivity index (χ4v) is 1.54. The smallest absolute Gasteiger partial charge is 0.358 e. The van der Waals surface area contributed by atoms with E-state index in [2.05, 4.69) is 4.98 Å². The first-order valence-corrected chi connectivity index (χ1v) is 5.84. The van der Waals surface area contributed by atoms with Crippen molar-refractivity contribution in [3.8, 4) is 0 Å². The molecule has 5 heteroatoms. The Labute approximate surface area is 105 Å². The molecule has 18 heavy (non-hydrogen) atoms. The van der Waals surface area contributed by atoms with Crippen LogP contribution in [-0.4, -0.2) is 35.2 Å². The lowest BCUT2D eigenvalue weighted by molar-refractivity contribution is 0.0385. The second kappa shape index (κ2) is 5.64. The minimum absolute atomic E-state index is 0.0823. The summed E-state index contributed by atoms with van der Waals surface area (Å²) in [5, 5.41) is 0. The van der Waals surface area contributed by atoms with Crippen molar-refractivity contribution in [1.29, 1.82) is 0 Å². The van der Waals surface area contributed by atoms with E-state index in [1.807, 2.05) is 31.3 Å². The second-order valence-corrected chi connectivity index (χ2v) is 4.06. The van der Waals surface area contributed by atoms with E-state index in [4.69, 9.17) is 9.47 Å². The topological polar surface area (TPSA) is 52.8 Å². The van der Waals surface area contributed by atoms with Crippen LogP contribution in [0.25, 0.3) is 5.65 Å². The summed E-state index contributed by atoms with van der Waals surface area (Å²) in [7, 11) is 1.63. The highest BCUT2D eigenvalue weighted by molar-refractivity contribution is 5.87. The molecule has 0 saturated heterocycles. The largest absolute Gasteiger partial charge is 0.461 e. The monoisotopic (exact) mass is 248 g/mol. The Morgan fingerprint density at radius 1 is 1.50 bits per heavy atom. The number of rotatable bonds is 5. The summed E-state index contributed by atoms with van der Waals surface area (Å²) in [5.41, 5.74) is 1.06. The minimum atomic E-state index is -0.401. The van der Waals surface area contributed by atoms with Crippen LogP contribution < -0.4 is 0 Å². The van der Waals surface area contributed by atoms with E-state index in [9.17, 15) is 4.79 Å². The van der Waals surface area contributed by atoms with Crippen LogP contribution in [0.5, 0.6) is 0 Å². The van der Waals surface area contributed by atoms with E-state index in [1.54, 1.807) is 17.7 Å². The van der Waals surface area contributed by atoms with Gasteiger partial charge in [0.1, 0.15) is 5.65 Å². The average Bonchev–Trinajstić information content (AvgIpc) is 2.82. The maximum absolute atomic E-state index is 11.7. The summed E-state index contributed by atoms with van der Waals surface area (Å²) in [6.07, 6.45) is 4.26. The number of carbonyl (C=O) groups excluding carboxylic acids is 1. The molecule has 0 amide bonds. The Hall–Kier alpha value is -1.88. The van der Waals surface area contributed by atoms with Crippen LogP contribution in [0.4, 0.5) is 0 Å². The second-order valence-electron chi connectivity index (χ2n) is 4.06. The zero-order valence-corrected chi connectivity index (χ0v) is 10.5. The number of fused-ring (bicyclic) bond motifs is 1. The third-order valence-corrected chi connectivity index (χ3v) is 2.73. The Balaban J connectivity index is 1.96. The molecule has 0 aliphatic rings. The molecule has 2 aromatic rings. The third kappa shape index (κ3) is 2.87. The van der Waals surface area contributed by atoms with E-state index < -0.39 is 5.97 Å². The van der Waals surface area contributed by atoms with Gasteiger partial charge in [-0.3, -0.25) is 0 Å². The summed E-state index contributed by atoms with van der Waals surface area (Å²) in [5.74, 6) is -0.401.